The first-order valence-electron chi connectivity index (χ1n) is 5.55. The van der Waals surface area contributed by atoms with Crippen LogP contribution in [-0.4, -0.2) is 16.4 Å². The zero-order valence-electron chi connectivity index (χ0n) is 10.1. The van der Waals surface area contributed by atoms with Crippen LogP contribution in [0.15, 0.2) is 18.3 Å². The molecule has 0 saturated heterocycles. The molecule has 16 heavy (non-hydrogen) atoms. The number of aryl methyl sites for hydroxylation is 1. The normalized spacial score (nSPS) is 11.2. The summed E-state index contributed by atoms with van der Waals surface area (Å²) in [5.41, 5.74) is 6.74. The van der Waals surface area contributed by atoms with Gasteiger partial charge in [-0.15, -0.1) is 0 Å². The number of nitrogens with one attached hydrogen (secondary N) is 1. The zero-order chi connectivity index (χ0) is 12.2. The average molecular weight is 221 g/mol. The predicted molar refractivity (Wildman–Crippen MR) is 65.1 cm³/mol. The number of carbonyl (C=O) groups excluding carboxylic acids is 1. The molecule has 0 bridgehead atoms. The highest BCUT2D eigenvalue weighted by Crippen LogP contribution is 2.16. The van der Waals surface area contributed by atoms with Gasteiger partial charge in [0.1, 0.15) is 0 Å². The molecule has 0 spiro atoms. The van der Waals surface area contributed by atoms with Crippen LogP contribution in [0.25, 0.3) is 0 Å². The first-order chi connectivity index (χ1) is 7.53. The maximum absolute atomic E-state index is 12.0. The number of pyridine rings is 1. The minimum absolute atomic E-state index is 0.145. The standard InChI is InChI=1S/C12H19N3O/c1-4-12(13,5-2)11(16)15-10-7-6-8-14-9(10)3/h6-8H,4-5,13H2,1-3H3,(H,15,16). The summed E-state index contributed by atoms with van der Waals surface area (Å²) < 4.78 is 0. The Kier molecular flexibility index (Phi) is 4.01. The molecule has 0 fully saturated rings. The van der Waals surface area contributed by atoms with Crippen molar-refractivity contribution in [3.8, 4) is 0 Å². The summed E-state index contributed by atoms with van der Waals surface area (Å²) in [6.07, 6.45) is 2.93. The van der Waals surface area contributed by atoms with E-state index in [1.165, 1.54) is 0 Å². The number of nitrogens with two attached hydrogens (primary N) is 1. The number of rotatable bonds is 4. The maximum Gasteiger partial charge on any atom is 0.244 e. The van der Waals surface area contributed by atoms with Crippen molar-refractivity contribution >= 4 is 11.6 Å². The van der Waals surface area contributed by atoms with Gasteiger partial charge in [0.05, 0.1) is 16.9 Å². The van der Waals surface area contributed by atoms with Crippen LogP contribution in [-0.2, 0) is 4.79 Å². The third-order valence-corrected chi connectivity index (χ3v) is 2.97. The lowest BCUT2D eigenvalue weighted by Gasteiger charge is -2.25. The van der Waals surface area contributed by atoms with Crippen molar-refractivity contribution in [1.82, 2.24) is 4.98 Å². The molecule has 3 N–H and O–H groups in total. The Labute approximate surface area is 96.3 Å². The lowest BCUT2D eigenvalue weighted by Crippen LogP contribution is -2.50. The molecule has 0 aliphatic heterocycles. The van der Waals surface area contributed by atoms with Crippen molar-refractivity contribution in [2.24, 2.45) is 5.73 Å². The lowest BCUT2D eigenvalue weighted by molar-refractivity contribution is -0.121. The van der Waals surface area contributed by atoms with E-state index in [4.69, 9.17) is 5.73 Å². The number of hydrogen-bond acceptors (Lipinski definition) is 3. The van der Waals surface area contributed by atoms with Crippen molar-refractivity contribution in [1.29, 1.82) is 0 Å². The number of nitrogens with zero attached hydrogens (tertiary/aromatic N) is 1. The minimum Gasteiger partial charge on any atom is -0.323 e. The smallest absolute Gasteiger partial charge is 0.244 e. The molecule has 1 amide bonds. The van der Waals surface area contributed by atoms with Gasteiger partial charge in [-0.1, -0.05) is 13.8 Å². The van der Waals surface area contributed by atoms with Crippen LogP contribution in [0.1, 0.15) is 32.4 Å². The molecule has 0 aliphatic carbocycles. The number of anilines is 1. The second-order valence-corrected chi connectivity index (χ2v) is 3.95. The van der Waals surface area contributed by atoms with Crippen LogP contribution >= 0.6 is 0 Å². The van der Waals surface area contributed by atoms with Crippen LogP contribution in [0, 0.1) is 6.92 Å². The van der Waals surface area contributed by atoms with Gasteiger partial charge in [0.2, 0.25) is 5.91 Å². The van der Waals surface area contributed by atoms with Gasteiger partial charge in [0.15, 0.2) is 0 Å². The Bertz CT molecular complexity index is 372. The van der Waals surface area contributed by atoms with Crippen LogP contribution < -0.4 is 11.1 Å². The third-order valence-electron chi connectivity index (χ3n) is 2.97. The Morgan fingerprint density at radius 2 is 2.12 bits per heavy atom. The number of amides is 1. The van der Waals surface area contributed by atoms with Crippen molar-refractivity contribution in [3.63, 3.8) is 0 Å². The van der Waals surface area contributed by atoms with E-state index in [1.54, 1.807) is 12.3 Å². The highest BCUT2D eigenvalue weighted by Gasteiger charge is 2.30. The molecule has 0 unspecified atom stereocenters. The van der Waals surface area contributed by atoms with Gasteiger partial charge in [0, 0.05) is 6.20 Å². The van der Waals surface area contributed by atoms with Crippen molar-refractivity contribution < 1.29 is 4.79 Å². The summed E-state index contributed by atoms with van der Waals surface area (Å²) >= 11 is 0. The summed E-state index contributed by atoms with van der Waals surface area (Å²) in [5.74, 6) is -0.145. The Hall–Kier alpha value is -1.42. The molecule has 0 aromatic carbocycles. The Morgan fingerprint density at radius 3 is 2.62 bits per heavy atom. The average Bonchev–Trinajstić information content (AvgIpc) is 2.31. The first-order valence-corrected chi connectivity index (χ1v) is 5.55. The monoisotopic (exact) mass is 221 g/mol. The molecule has 1 heterocycles. The SMILES string of the molecule is CCC(N)(CC)C(=O)Nc1cccnc1C. The minimum atomic E-state index is -0.789. The quantitative estimate of drug-likeness (QED) is 0.815. The molecular weight excluding hydrogens is 202 g/mol. The lowest BCUT2D eigenvalue weighted by atomic mass is 9.93. The highest BCUT2D eigenvalue weighted by atomic mass is 16.2. The van der Waals surface area contributed by atoms with E-state index < -0.39 is 5.54 Å². The summed E-state index contributed by atoms with van der Waals surface area (Å²) in [6.45, 7) is 5.68. The van der Waals surface area contributed by atoms with Crippen LogP contribution in [0.2, 0.25) is 0 Å². The number of carbonyl (C=O) groups is 1. The fraction of sp³-hybridized carbons (Fsp3) is 0.500. The van der Waals surface area contributed by atoms with Gasteiger partial charge in [0.25, 0.3) is 0 Å². The van der Waals surface area contributed by atoms with Gasteiger partial charge < -0.3 is 11.1 Å². The molecule has 0 aliphatic rings. The molecule has 1 aromatic heterocycles. The second kappa shape index (κ2) is 5.07. The summed E-state index contributed by atoms with van der Waals surface area (Å²) in [7, 11) is 0. The molecule has 0 saturated carbocycles. The van der Waals surface area contributed by atoms with E-state index in [1.807, 2.05) is 26.8 Å². The van der Waals surface area contributed by atoms with E-state index in [0.717, 1.165) is 11.4 Å². The highest BCUT2D eigenvalue weighted by molar-refractivity contribution is 5.98. The van der Waals surface area contributed by atoms with Gasteiger partial charge in [-0.05, 0) is 31.9 Å². The molecule has 4 heteroatoms. The van der Waals surface area contributed by atoms with E-state index in [0.29, 0.717) is 12.8 Å². The molecule has 0 atom stereocenters. The molecule has 1 rings (SSSR count). The summed E-state index contributed by atoms with van der Waals surface area (Å²) in [6, 6.07) is 3.62. The van der Waals surface area contributed by atoms with E-state index in [-0.39, 0.29) is 5.91 Å². The maximum atomic E-state index is 12.0. The van der Waals surface area contributed by atoms with E-state index in [2.05, 4.69) is 10.3 Å². The number of hydrogen-bond donors (Lipinski definition) is 2. The van der Waals surface area contributed by atoms with Crippen LogP contribution in [0.4, 0.5) is 5.69 Å². The first kappa shape index (κ1) is 12.6. The molecule has 0 radical (unpaired) electrons. The van der Waals surface area contributed by atoms with Crippen LogP contribution in [0.5, 0.6) is 0 Å². The largest absolute Gasteiger partial charge is 0.323 e. The van der Waals surface area contributed by atoms with Gasteiger partial charge in [-0.2, -0.15) is 0 Å². The fourth-order valence-corrected chi connectivity index (χ4v) is 1.43. The van der Waals surface area contributed by atoms with E-state index in [9.17, 15) is 4.79 Å². The topological polar surface area (TPSA) is 68.0 Å². The number of aromatic nitrogens is 1. The molecular formula is C12H19N3O. The van der Waals surface area contributed by atoms with Crippen molar-refractivity contribution in [2.45, 2.75) is 39.2 Å². The Morgan fingerprint density at radius 1 is 1.50 bits per heavy atom. The third kappa shape index (κ3) is 2.58. The summed E-state index contributed by atoms with van der Waals surface area (Å²) in [4.78, 5) is 16.1. The zero-order valence-corrected chi connectivity index (χ0v) is 10.1. The summed E-state index contributed by atoms with van der Waals surface area (Å²) in [5, 5.41) is 2.83. The molecule has 88 valence electrons. The van der Waals surface area contributed by atoms with Crippen LogP contribution in [0.3, 0.4) is 0 Å². The predicted octanol–water partition coefficient (Wildman–Crippen LogP) is 1.85. The van der Waals surface area contributed by atoms with Gasteiger partial charge in [-0.3, -0.25) is 9.78 Å². The van der Waals surface area contributed by atoms with Crippen molar-refractivity contribution in [3.05, 3.63) is 24.0 Å². The molecule has 1 aromatic rings. The fourth-order valence-electron chi connectivity index (χ4n) is 1.43. The Balaban J connectivity index is 2.83. The second-order valence-electron chi connectivity index (χ2n) is 3.95. The molecule has 4 nitrogen and oxygen atoms in total. The van der Waals surface area contributed by atoms with Gasteiger partial charge >= 0.3 is 0 Å². The van der Waals surface area contributed by atoms with E-state index >= 15 is 0 Å². The van der Waals surface area contributed by atoms with Crippen molar-refractivity contribution in [2.75, 3.05) is 5.32 Å². The van der Waals surface area contributed by atoms with Gasteiger partial charge in [-0.25, -0.2) is 0 Å².